The maximum atomic E-state index is 5.76. The molecule has 1 aliphatic rings. The summed E-state index contributed by atoms with van der Waals surface area (Å²) < 4.78 is 0. The van der Waals surface area contributed by atoms with E-state index in [1.54, 1.807) is 0 Å². The summed E-state index contributed by atoms with van der Waals surface area (Å²) in [6, 6.07) is 0.366. The number of hydrogen-bond acceptors (Lipinski definition) is 2. The Morgan fingerprint density at radius 3 is 2.78 bits per heavy atom. The largest absolute Gasteiger partial charge is 0.353 e. The highest BCUT2D eigenvalue weighted by molar-refractivity contribution is 6.04. The van der Waals surface area contributed by atoms with Gasteiger partial charge in [0.1, 0.15) is 0 Å². The van der Waals surface area contributed by atoms with Crippen LogP contribution in [0.5, 0.6) is 0 Å². The van der Waals surface area contributed by atoms with Crippen LogP contribution >= 0.6 is 0 Å². The van der Waals surface area contributed by atoms with E-state index in [0.29, 0.717) is 12.0 Å². The van der Waals surface area contributed by atoms with E-state index in [4.69, 9.17) is 13.7 Å². The molecule has 2 N–H and O–H groups in total. The standard InChI is InChI=1S/C6H13BN2/c1-5-4-9(7)3-2-6(5)8/h5-6H,2-4,8H2,1H3. The molecule has 1 fully saturated rings. The Labute approximate surface area is 57.8 Å². The van der Waals surface area contributed by atoms with E-state index < -0.39 is 0 Å². The Morgan fingerprint density at radius 1 is 1.67 bits per heavy atom. The lowest BCUT2D eigenvalue weighted by atomic mass is 9.93. The lowest BCUT2D eigenvalue weighted by Gasteiger charge is -2.32. The molecule has 0 aromatic heterocycles. The van der Waals surface area contributed by atoms with Crippen LogP contribution in [0, 0.1) is 5.92 Å². The topological polar surface area (TPSA) is 29.3 Å². The van der Waals surface area contributed by atoms with Gasteiger partial charge in [0.2, 0.25) is 0 Å². The molecule has 0 aromatic rings. The fourth-order valence-corrected chi connectivity index (χ4v) is 1.20. The summed E-state index contributed by atoms with van der Waals surface area (Å²) in [4.78, 5) is 1.84. The van der Waals surface area contributed by atoms with Crippen molar-refractivity contribution in [3.8, 4) is 0 Å². The Bertz CT molecular complexity index is 97.1. The molecule has 3 heteroatoms. The van der Waals surface area contributed by atoms with E-state index in [-0.39, 0.29) is 0 Å². The van der Waals surface area contributed by atoms with Crippen LogP contribution in [0.4, 0.5) is 0 Å². The molecule has 0 spiro atoms. The maximum absolute atomic E-state index is 5.76. The normalized spacial score (nSPS) is 38.9. The molecule has 1 rings (SSSR count). The van der Waals surface area contributed by atoms with Gasteiger partial charge in [-0.05, 0) is 25.4 Å². The molecule has 2 unspecified atom stereocenters. The van der Waals surface area contributed by atoms with Crippen molar-refractivity contribution in [3.05, 3.63) is 0 Å². The molecule has 1 heterocycles. The lowest BCUT2D eigenvalue weighted by Crippen LogP contribution is -2.44. The Morgan fingerprint density at radius 2 is 2.33 bits per heavy atom. The Balaban J connectivity index is 2.35. The molecule has 2 atom stereocenters. The summed E-state index contributed by atoms with van der Waals surface area (Å²) >= 11 is 0. The third kappa shape index (κ3) is 1.70. The first kappa shape index (κ1) is 7.10. The molecule has 0 saturated carbocycles. The van der Waals surface area contributed by atoms with E-state index in [2.05, 4.69) is 6.92 Å². The van der Waals surface area contributed by atoms with Gasteiger partial charge >= 0.3 is 0 Å². The van der Waals surface area contributed by atoms with Gasteiger partial charge in [-0.25, -0.2) is 0 Å². The molecule has 0 bridgehead atoms. The first-order valence-electron chi connectivity index (χ1n) is 3.45. The number of rotatable bonds is 0. The van der Waals surface area contributed by atoms with Crippen molar-refractivity contribution < 1.29 is 0 Å². The fourth-order valence-electron chi connectivity index (χ4n) is 1.20. The van der Waals surface area contributed by atoms with E-state index in [1.165, 1.54) is 0 Å². The van der Waals surface area contributed by atoms with Crippen LogP contribution < -0.4 is 5.73 Å². The molecule has 0 aliphatic carbocycles. The van der Waals surface area contributed by atoms with Gasteiger partial charge in [0.25, 0.3) is 0 Å². The zero-order chi connectivity index (χ0) is 6.85. The van der Waals surface area contributed by atoms with Crippen molar-refractivity contribution in [1.29, 1.82) is 0 Å². The van der Waals surface area contributed by atoms with E-state index >= 15 is 0 Å². The van der Waals surface area contributed by atoms with Crippen molar-refractivity contribution in [2.24, 2.45) is 11.7 Å². The lowest BCUT2D eigenvalue weighted by molar-refractivity contribution is 0.257. The van der Waals surface area contributed by atoms with E-state index in [0.717, 1.165) is 19.5 Å². The molecule has 1 saturated heterocycles. The number of piperidine rings is 1. The summed E-state index contributed by atoms with van der Waals surface area (Å²) in [5.41, 5.74) is 5.76. The first-order valence-corrected chi connectivity index (χ1v) is 3.45. The van der Waals surface area contributed by atoms with Gasteiger partial charge < -0.3 is 10.5 Å². The van der Waals surface area contributed by atoms with Crippen molar-refractivity contribution in [3.63, 3.8) is 0 Å². The zero-order valence-electron chi connectivity index (χ0n) is 5.88. The van der Waals surface area contributed by atoms with Crippen LogP contribution in [0.2, 0.25) is 0 Å². The SMILES string of the molecule is [B]N1CCC(N)C(C)C1. The van der Waals surface area contributed by atoms with Crippen LogP contribution in [-0.4, -0.2) is 31.9 Å². The third-order valence-electron chi connectivity index (χ3n) is 2.00. The van der Waals surface area contributed by atoms with Gasteiger partial charge in [0.15, 0.2) is 7.98 Å². The van der Waals surface area contributed by atoms with Gasteiger partial charge in [0.05, 0.1) is 0 Å². The van der Waals surface area contributed by atoms with Gasteiger partial charge in [-0.3, -0.25) is 0 Å². The molecule has 0 aromatic carbocycles. The van der Waals surface area contributed by atoms with Crippen LogP contribution in [0.1, 0.15) is 13.3 Å². The van der Waals surface area contributed by atoms with Crippen LogP contribution in [-0.2, 0) is 0 Å². The highest BCUT2D eigenvalue weighted by Gasteiger charge is 2.19. The van der Waals surface area contributed by atoms with E-state index in [1.807, 2.05) is 4.81 Å². The predicted octanol–water partition coefficient (Wildman–Crippen LogP) is -0.261. The van der Waals surface area contributed by atoms with Crippen molar-refractivity contribution in [1.82, 2.24) is 4.81 Å². The van der Waals surface area contributed by atoms with Crippen LogP contribution in [0.3, 0.4) is 0 Å². The number of nitrogens with two attached hydrogens (primary N) is 1. The Hall–Kier alpha value is -0.0151. The fraction of sp³-hybridized carbons (Fsp3) is 1.00. The average molecular weight is 124 g/mol. The molecule has 1 aliphatic heterocycles. The van der Waals surface area contributed by atoms with Crippen molar-refractivity contribution in [2.45, 2.75) is 19.4 Å². The highest BCUT2D eigenvalue weighted by Crippen LogP contribution is 2.11. The second-order valence-electron chi connectivity index (χ2n) is 2.92. The third-order valence-corrected chi connectivity index (χ3v) is 2.00. The molecule has 50 valence electrons. The molecular weight excluding hydrogens is 111 g/mol. The van der Waals surface area contributed by atoms with Crippen molar-refractivity contribution >= 4 is 7.98 Å². The minimum Gasteiger partial charge on any atom is -0.353 e. The van der Waals surface area contributed by atoms with E-state index in [9.17, 15) is 0 Å². The van der Waals surface area contributed by atoms with Gasteiger partial charge in [-0.2, -0.15) is 0 Å². The average Bonchev–Trinajstić information content (AvgIpc) is 1.80. The molecule has 2 nitrogen and oxygen atoms in total. The van der Waals surface area contributed by atoms with Crippen molar-refractivity contribution in [2.75, 3.05) is 13.1 Å². The summed E-state index contributed by atoms with van der Waals surface area (Å²) in [7, 11) is 5.57. The molecular formula is C6H13BN2. The maximum Gasteiger partial charge on any atom is 0.182 e. The molecule has 9 heavy (non-hydrogen) atoms. The number of hydrogen-bond donors (Lipinski definition) is 1. The van der Waals surface area contributed by atoms with Crippen LogP contribution in [0.15, 0.2) is 0 Å². The highest BCUT2D eigenvalue weighted by atomic mass is 15.0. The monoisotopic (exact) mass is 124 g/mol. The summed E-state index contributed by atoms with van der Waals surface area (Å²) in [5.74, 6) is 0.559. The summed E-state index contributed by atoms with van der Waals surface area (Å²) in [6.07, 6.45) is 1.04. The first-order chi connectivity index (χ1) is 4.20. The van der Waals surface area contributed by atoms with Gasteiger partial charge in [-0.1, -0.05) is 6.92 Å². The minimum atomic E-state index is 0.366. The smallest absolute Gasteiger partial charge is 0.182 e. The zero-order valence-corrected chi connectivity index (χ0v) is 5.88. The predicted molar refractivity (Wildman–Crippen MR) is 39.1 cm³/mol. The molecule has 0 amide bonds. The molecule has 2 radical (unpaired) electrons. The second-order valence-corrected chi connectivity index (χ2v) is 2.92. The summed E-state index contributed by atoms with van der Waals surface area (Å²) in [6.45, 7) is 4.04. The van der Waals surface area contributed by atoms with Gasteiger partial charge in [0, 0.05) is 6.04 Å². The van der Waals surface area contributed by atoms with Gasteiger partial charge in [-0.15, -0.1) is 0 Å². The van der Waals surface area contributed by atoms with Crippen LogP contribution in [0.25, 0.3) is 0 Å². The Kier molecular flexibility index (Phi) is 2.14. The quantitative estimate of drug-likeness (QED) is 0.450. The number of nitrogens with zero attached hydrogens (tertiary/aromatic N) is 1. The minimum absolute atomic E-state index is 0.366. The second kappa shape index (κ2) is 2.71. The summed E-state index contributed by atoms with van der Waals surface area (Å²) in [5, 5.41) is 0.